The van der Waals surface area contributed by atoms with E-state index in [0.29, 0.717) is 11.1 Å². The summed E-state index contributed by atoms with van der Waals surface area (Å²) in [5.74, 6) is 1.57. The number of hydrogen-bond donors (Lipinski definition) is 0. The van der Waals surface area contributed by atoms with Gasteiger partial charge >= 0.3 is 11.9 Å². The molecule has 1 aromatic rings. The van der Waals surface area contributed by atoms with Crippen LogP contribution >= 0.6 is 0 Å². The second kappa shape index (κ2) is 7.97. The van der Waals surface area contributed by atoms with E-state index in [1.54, 1.807) is 31.2 Å². The second-order valence-corrected chi connectivity index (χ2v) is 3.91. The quantitative estimate of drug-likeness (QED) is 0.343. The Morgan fingerprint density at radius 2 is 1.90 bits per heavy atom. The zero-order valence-electron chi connectivity index (χ0n) is 11.4. The monoisotopic (exact) mass is 276 g/mol. The van der Waals surface area contributed by atoms with Crippen LogP contribution in [0.1, 0.15) is 29.8 Å². The number of carbonyl (C=O) groups excluding carboxylic acids is 2. The molecule has 0 bridgehead atoms. The van der Waals surface area contributed by atoms with Crippen molar-refractivity contribution < 1.29 is 23.8 Å². The second-order valence-electron chi connectivity index (χ2n) is 3.91. The highest BCUT2D eigenvalue weighted by Crippen LogP contribution is 2.05. The molecule has 0 aliphatic rings. The van der Waals surface area contributed by atoms with E-state index in [1.165, 1.54) is 6.92 Å². The van der Waals surface area contributed by atoms with Crippen molar-refractivity contribution in [2.45, 2.75) is 20.1 Å². The first kappa shape index (κ1) is 15.7. The molecule has 0 amide bonds. The lowest BCUT2D eigenvalue weighted by molar-refractivity contribution is -0.173. The van der Waals surface area contributed by atoms with Crippen LogP contribution < -0.4 is 0 Å². The average molecular weight is 276 g/mol. The van der Waals surface area contributed by atoms with Crippen molar-refractivity contribution in [3.8, 4) is 12.3 Å². The van der Waals surface area contributed by atoms with Gasteiger partial charge in [-0.05, 0) is 31.2 Å². The molecule has 5 nitrogen and oxygen atoms in total. The predicted octanol–water partition coefficient (Wildman–Crippen LogP) is 1.75. The highest BCUT2D eigenvalue weighted by molar-refractivity contribution is 5.89. The highest BCUT2D eigenvalue weighted by Gasteiger charge is 2.08. The molecule has 5 heteroatoms. The molecule has 106 valence electrons. The number of esters is 2. The standard InChI is InChI=1S/C15H16O5/c1-4-13-5-7-14(8-6-13)15(17)19-10-9-18-12(3)20-11(2)16/h1,5-8,12H,9-10H2,2-3H3. The van der Waals surface area contributed by atoms with Gasteiger partial charge in [0.05, 0.1) is 12.2 Å². The average Bonchev–Trinajstić information content (AvgIpc) is 2.42. The summed E-state index contributed by atoms with van der Waals surface area (Å²) in [5, 5.41) is 0. The Morgan fingerprint density at radius 1 is 1.25 bits per heavy atom. The SMILES string of the molecule is C#Cc1ccc(C(=O)OCCOC(C)OC(C)=O)cc1. The Bertz CT molecular complexity index is 498. The van der Waals surface area contributed by atoms with Crippen LogP contribution in [0.2, 0.25) is 0 Å². The molecular formula is C15H16O5. The summed E-state index contributed by atoms with van der Waals surface area (Å²) in [6.07, 6.45) is 4.55. The minimum atomic E-state index is -0.666. The Hall–Kier alpha value is -2.32. The molecule has 0 fully saturated rings. The maximum atomic E-state index is 11.7. The van der Waals surface area contributed by atoms with E-state index in [2.05, 4.69) is 5.92 Å². The lowest BCUT2D eigenvalue weighted by atomic mass is 10.1. The lowest BCUT2D eigenvalue weighted by Crippen LogP contribution is -2.19. The van der Waals surface area contributed by atoms with Gasteiger partial charge < -0.3 is 14.2 Å². The van der Waals surface area contributed by atoms with Crippen LogP contribution in [0.3, 0.4) is 0 Å². The normalized spacial score (nSPS) is 11.2. The Kier molecular flexibility index (Phi) is 6.27. The van der Waals surface area contributed by atoms with Crippen LogP contribution in [-0.2, 0) is 19.0 Å². The predicted molar refractivity (Wildman–Crippen MR) is 71.8 cm³/mol. The van der Waals surface area contributed by atoms with Gasteiger partial charge in [-0.15, -0.1) is 6.42 Å². The summed E-state index contributed by atoms with van der Waals surface area (Å²) in [7, 11) is 0. The van der Waals surface area contributed by atoms with E-state index in [9.17, 15) is 9.59 Å². The number of benzene rings is 1. The van der Waals surface area contributed by atoms with Crippen LogP contribution in [-0.4, -0.2) is 31.4 Å². The fourth-order valence-corrected chi connectivity index (χ4v) is 1.40. The van der Waals surface area contributed by atoms with Gasteiger partial charge in [-0.3, -0.25) is 4.79 Å². The van der Waals surface area contributed by atoms with Crippen molar-refractivity contribution in [2.75, 3.05) is 13.2 Å². The maximum absolute atomic E-state index is 11.7. The molecule has 0 radical (unpaired) electrons. The first-order valence-corrected chi connectivity index (χ1v) is 6.05. The molecule has 0 N–H and O–H groups in total. The van der Waals surface area contributed by atoms with Crippen molar-refractivity contribution in [3.05, 3.63) is 35.4 Å². The molecule has 0 aliphatic carbocycles. The third-order valence-electron chi connectivity index (χ3n) is 2.29. The third kappa shape index (κ3) is 5.55. The number of rotatable bonds is 6. The zero-order valence-corrected chi connectivity index (χ0v) is 11.4. The van der Waals surface area contributed by atoms with Crippen molar-refractivity contribution in [1.82, 2.24) is 0 Å². The molecule has 1 atom stereocenters. The van der Waals surface area contributed by atoms with Gasteiger partial charge in [-0.2, -0.15) is 0 Å². The van der Waals surface area contributed by atoms with Crippen LogP contribution in [0.4, 0.5) is 0 Å². The molecule has 1 rings (SSSR count). The van der Waals surface area contributed by atoms with Crippen LogP contribution in [0.15, 0.2) is 24.3 Å². The van der Waals surface area contributed by atoms with Crippen LogP contribution in [0.25, 0.3) is 0 Å². The van der Waals surface area contributed by atoms with Gasteiger partial charge in [-0.1, -0.05) is 5.92 Å². The fourth-order valence-electron chi connectivity index (χ4n) is 1.40. The van der Waals surface area contributed by atoms with Crippen molar-refractivity contribution >= 4 is 11.9 Å². The summed E-state index contributed by atoms with van der Waals surface area (Å²) in [6, 6.07) is 6.52. The van der Waals surface area contributed by atoms with Gasteiger partial charge in [0.25, 0.3) is 0 Å². The molecule has 1 unspecified atom stereocenters. The van der Waals surface area contributed by atoms with E-state index < -0.39 is 18.2 Å². The molecule has 1 aromatic carbocycles. The summed E-state index contributed by atoms with van der Waals surface area (Å²) < 4.78 is 14.9. The highest BCUT2D eigenvalue weighted by atomic mass is 16.7. The maximum Gasteiger partial charge on any atom is 0.338 e. The van der Waals surface area contributed by atoms with Crippen LogP contribution in [0, 0.1) is 12.3 Å². The lowest BCUT2D eigenvalue weighted by Gasteiger charge is -2.12. The van der Waals surface area contributed by atoms with E-state index in [1.807, 2.05) is 0 Å². The first-order valence-electron chi connectivity index (χ1n) is 6.05. The zero-order chi connectivity index (χ0) is 15.0. The molecule has 0 heterocycles. The largest absolute Gasteiger partial charge is 0.460 e. The van der Waals surface area contributed by atoms with Gasteiger partial charge in [0, 0.05) is 12.5 Å². The number of carbonyl (C=O) groups is 2. The van der Waals surface area contributed by atoms with Gasteiger partial charge in [0.1, 0.15) is 6.61 Å². The number of terminal acetylenes is 1. The number of hydrogen-bond acceptors (Lipinski definition) is 5. The molecule has 0 aromatic heterocycles. The molecule has 0 saturated carbocycles. The minimum absolute atomic E-state index is 0.0708. The van der Waals surface area contributed by atoms with Gasteiger partial charge in [0.15, 0.2) is 6.29 Å². The molecule has 0 spiro atoms. The summed E-state index contributed by atoms with van der Waals surface area (Å²) >= 11 is 0. The van der Waals surface area contributed by atoms with Crippen LogP contribution in [0.5, 0.6) is 0 Å². The summed E-state index contributed by atoms with van der Waals surface area (Å²) in [4.78, 5) is 22.3. The Balaban J connectivity index is 2.29. The topological polar surface area (TPSA) is 61.8 Å². The third-order valence-corrected chi connectivity index (χ3v) is 2.29. The van der Waals surface area contributed by atoms with E-state index in [4.69, 9.17) is 20.6 Å². The Labute approximate surface area is 117 Å². The molecular weight excluding hydrogens is 260 g/mol. The summed E-state index contributed by atoms with van der Waals surface area (Å²) in [5.41, 5.74) is 1.11. The van der Waals surface area contributed by atoms with E-state index >= 15 is 0 Å². The molecule has 0 saturated heterocycles. The van der Waals surface area contributed by atoms with Crippen molar-refractivity contribution in [1.29, 1.82) is 0 Å². The van der Waals surface area contributed by atoms with E-state index in [-0.39, 0.29) is 13.2 Å². The minimum Gasteiger partial charge on any atom is -0.460 e. The molecule has 20 heavy (non-hydrogen) atoms. The fraction of sp³-hybridized carbons (Fsp3) is 0.333. The summed E-state index contributed by atoms with van der Waals surface area (Å²) in [6.45, 7) is 3.09. The number of ether oxygens (including phenoxy) is 3. The van der Waals surface area contributed by atoms with Gasteiger partial charge in [-0.25, -0.2) is 4.79 Å². The van der Waals surface area contributed by atoms with Crippen molar-refractivity contribution in [3.63, 3.8) is 0 Å². The van der Waals surface area contributed by atoms with Crippen molar-refractivity contribution in [2.24, 2.45) is 0 Å². The first-order chi connectivity index (χ1) is 9.52. The smallest absolute Gasteiger partial charge is 0.338 e. The van der Waals surface area contributed by atoms with Gasteiger partial charge in [0.2, 0.25) is 0 Å². The van der Waals surface area contributed by atoms with E-state index in [0.717, 1.165) is 0 Å². The Morgan fingerprint density at radius 3 is 2.45 bits per heavy atom. The molecule has 0 aliphatic heterocycles.